The monoisotopic (exact) mass is 460 g/mol. The third-order valence-corrected chi connectivity index (χ3v) is 5.83. The number of ketones is 1. The lowest BCUT2D eigenvalue weighted by Crippen LogP contribution is -2.29. The molecule has 1 aliphatic heterocycles. The Morgan fingerprint density at radius 1 is 1.18 bits per heavy atom. The first-order chi connectivity index (χ1) is 16.3. The number of ether oxygens (including phenoxy) is 1. The van der Waals surface area contributed by atoms with Crippen LogP contribution in [0.2, 0.25) is 0 Å². The van der Waals surface area contributed by atoms with Gasteiger partial charge < -0.3 is 19.2 Å². The number of aromatic nitrogens is 1. The number of hydrogen-bond acceptors (Lipinski definition) is 6. The predicted octanol–water partition coefficient (Wildman–Crippen LogP) is 5.13. The summed E-state index contributed by atoms with van der Waals surface area (Å²) in [4.78, 5) is 32.0. The van der Waals surface area contributed by atoms with Gasteiger partial charge in [0.25, 0.3) is 11.7 Å². The number of carbonyl (C=O) groups is 2. The Kier molecular flexibility index (Phi) is 6.54. The maximum atomic E-state index is 13.2. The molecular formula is C27H28N2O5. The molecule has 4 rings (SSSR count). The smallest absolute Gasteiger partial charge is 0.296 e. The summed E-state index contributed by atoms with van der Waals surface area (Å²) in [5, 5.41) is 11.3. The van der Waals surface area contributed by atoms with Crippen LogP contribution in [0.5, 0.6) is 5.75 Å². The van der Waals surface area contributed by atoms with Crippen LogP contribution in [0.1, 0.15) is 61.1 Å². The van der Waals surface area contributed by atoms with E-state index < -0.39 is 17.7 Å². The van der Waals surface area contributed by atoms with Gasteiger partial charge in [-0.05, 0) is 67.8 Å². The summed E-state index contributed by atoms with van der Waals surface area (Å²) in [7, 11) is 0. The first kappa shape index (κ1) is 23.3. The Labute approximate surface area is 198 Å². The van der Waals surface area contributed by atoms with Gasteiger partial charge in [-0.15, -0.1) is 0 Å². The zero-order chi connectivity index (χ0) is 24.4. The van der Waals surface area contributed by atoms with Gasteiger partial charge in [0.05, 0.1) is 24.4 Å². The Hall–Kier alpha value is -3.87. The summed E-state index contributed by atoms with van der Waals surface area (Å²) in [5.41, 5.74) is 1.96. The molecule has 7 nitrogen and oxygen atoms in total. The number of hydrogen-bond donors (Lipinski definition) is 1. The maximum Gasteiger partial charge on any atom is 0.296 e. The fraction of sp³-hybridized carbons (Fsp3) is 0.296. The van der Waals surface area contributed by atoms with Crippen molar-refractivity contribution < 1.29 is 23.8 Å². The van der Waals surface area contributed by atoms with Crippen molar-refractivity contribution in [3.63, 3.8) is 0 Å². The van der Waals surface area contributed by atoms with Crippen molar-refractivity contribution in [1.29, 1.82) is 0 Å². The molecule has 0 saturated carbocycles. The van der Waals surface area contributed by atoms with Crippen LogP contribution in [0, 0.1) is 6.92 Å². The van der Waals surface area contributed by atoms with E-state index in [4.69, 9.17) is 9.15 Å². The van der Waals surface area contributed by atoms with Crippen molar-refractivity contribution in [3.8, 4) is 5.75 Å². The molecule has 1 amide bonds. The molecule has 1 aromatic carbocycles. The summed E-state index contributed by atoms with van der Waals surface area (Å²) in [6, 6.07) is 13.3. The average Bonchev–Trinajstić information content (AvgIpc) is 3.36. The molecule has 1 atom stereocenters. The third kappa shape index (κ3) is 4.33. The maximum absolute atomic E-state index is 13.2. The molecule has 1 fully saturated rings. The Morgan fingerprint density at radius 2 is 1.97 bits per heavy atom. The quantitative estimate of drug-likeness (QED) is 0.299. The van der Waals surface area contributed by atoms with Gasteiger partial charge in [0.15, 0.2) is 0 Å². The topological polar surface area (TPSA) is 92.9 Å². The van der Waals surface area contributed by atoms with Crippen molar-refractivity contribution in [2.45, 2.75) is 46.2 Å². The van der Waals surface area contributed by atoms with E-state index in [0.29, 0.717) is 29.4 Å². The average molecular weight is 461 g/mol. The number of Topliss-reactive ketones (excluding diaryl/α,β-unsaturated/α-hetero) is 1. The van der Waals surface area contributed by atoms with Crippen LogP contribution in [0.25, 0.3) is 5.76 Å². The Bertz CT molecular complexity index is 1240. The van der Waals surface area contributed by atoms with Crippen LogP contribution < -0.4 is 4.74 Å². The van der Waals surface area contributed by atoms with Crippen molar-refractivity contribution in [3.05, 3.63) is 88.6 Å². The fourth-order valence-electron chi connectivity index (χ4n) is 4.19. The summed E-state index contributed by atoms with van der Waals surface area (Å²) < 4.78 is 11.6. The second-order valence-corrected chi connectivity index (χ2v) is 8.54. The van der Waals surface area contributed by atoms with E-state index in [9.17, 15) is 14.7 Å². The molecule has 3 aromatic rings. The van der Waals surface area contributed by atoms with Gasteiger partial charge in [-0.1, -0.05) is 19.9 Å². The van der Waals surface area contributed by atoms with E-state index in [1.165, 1.54) is 4.90 Å². The van der Waals surface area contributed by atoms with Gasteiger partial charge in [-0.2, -0.15) is 0 Å². The zero-order valence-electron chi connectivity index (χ0n) is 19.7. The first-order valence-electron chi connectivity index (χ1n) is 11.3. The number of rotatable bonds is 7. The van der Waals surface area contributed by atoms with E-state index in [0.717, 1.165) is 11.3 Å². The van der Waals surface area contributed by atoms with Gasteiger partial charge in [0.2, 0.25) is 0 Å². The molecule has 0 radical (unpaired) electrons. The van der Waals surface area contributed by atoms with Crippen molar-refractivity contribution in [2.75, 3.05) is 6.61 Å². The van der Waals surface area contributed by atoms with Gasteiger partial charge in [0.1, 0.15) is 29.1 Å². The minimum Gasteiger partial charge on any atom is -0.507 e. The van der Waals surface area contributed by atoms with E-state index in [1.54, 1.807) is 49.5 Å². The van der Waals surface area contributed by atoms with Gasteiger partial charge >= 0.3 is 0 Å². The van der Waals surface area contributed by atoms with Crippen molar-refractivity contribution >= 4 is 17.4 Å². The SMILES string of the molecule is CCOc1ccc(/C(O)=C2/C(=O)C(=O)N(Cc3ccccn3)C2c2ccc(C)o2)cc1C(C)C. The minimum absolute atomic E-state index is 0.00542. The number of pyridine rings is 1. The number of benzene rings is 1. The van der Waals surface area contributed by atoms with E-state index in [-0.39, 0.29) is 23.8 Å². The highest BCUT2D eigenvalue weighted by Gasteiger charge is 2.47. The summed E-state index contributed by atoms with van der Waals surface area (Å²) in [6.45, 7) is 8.37. The third-order valence-electron chi connectivity index (χ3n) is 5.83. The van der Waals surface area contributed by atoms with Gasteiger partial charge in [-0.25, -0.2) is 0 Å². The Balaban J connectivity index is 1.85. The number of amides is 1. The summed E-state index contributed by atoms with van der Waals surface area (Å²) in [6.07, 6.45) is 1.63. The lowest BCUT2D eigenvalue weighted by atomic mass is 9.95. The standard InChI is InChI=1S/C27H28N2O5/c1-5-33-21-12-10-18(14-20(21)16(2)3)25(30)23-24(22-11-9-17(4)34-22)29(27(32)26(23)31)15-19-8-6-7-13-28-19/h6-14,16,24,30H,5,15H2,1-4H3/b25-23-. The highest BCUT2D eigenvalue weighted by molar-refractivity contribution is 6.46. The molecule has 1 N–H and O–H groups in total. The van der Waals surface area contributed by atoms with Gasteiger partial charge in [0, 0.05) is 11.8 Å². The zero-order valence-corrected chi connectivity index (χ0v) is 19.7. The largest absolute Gasteiger partial charge is 0.507 e. The molecular weight excluding hydrogens is 432 g/mol. The van der Waals surface area contributed by atoms with Crippen LogP contribution in [0.15, 0.2) is 64.7 Å². The number of carbonyl (C=O) groups excluding carboxylic acids is 2. The highest BCUT2D eigenvalue weighted by Crippen LogP contribution is 2.41. The van der Waals surface area contributed by atoms with E-state index >= 15 is 0 Å². The molecule has 0 spiro atoms. The molecule has 1 saturated heterocycles. The number of aryl methyl sites for hydroxylation is 1. The second kappa shape index (κ2) is 9.55. The molecule has 7 heteroatoms. The molecule has 0 bridgehead atoms. The number of aliphatic hydroxyl groups is 1. The van der Waals surface area contributed by atoms with Crippen LogP contribution in [0.3, 0.4) is 0 Å². The molecule has 176 valence electrons. The lowest BCUT2D eigenvalue weighted by molar-refractivity contribution is -0.140. The molecule has 2 aromatic heterocycles. The van der Waals surface area contributed by atoms with E-state index in [2.05, 4.69) is 4.98 Å². The van der Waals surface area contributed by atoms with E-state index in [1.807, 2.05) is 32.9 Å². The molecule has 1 aliphatic rings. The van der Waals surface area contributed by atoms with Crippen molar-refractivity contribution in [1.82, 2.24) is 9.88 Å². The second-order valence-electron chi connectivity index (χ2n) is 8.54. The molecule has 34 heavy (non-hydrogen) atoms. The number of furan rings is 1. The molecule has 1 unspecified atom stereocenters. The normalized spacial score (nSPS) is 17.6. The summed E-state index contributed by atoms with van der Waals surface area (Å²) >= 11 is 0. The predicted molar refractivity (Wildman–Crippen MR) is 127 cm³/mol. The number of likely N-dealkylation sites (tertiary alicyclic amines) is 1. The summed E-state index contributed by atoms with van der Waals surface area (Å²) in [5.74, 6) is 0.192. The van der Waals surface area contributed by atoms with Gasteiger partial charge in [-0.3, -0.25) is 14.6 Å². The molecule has 3 heterocycles. The highest BCUT2D eigenvalue weighted by atomic mass is 16.5. The van der Waals surface area contributed by atoms with Crippen LogP contribution in [0.4, 0.5) is 0 Å². The molecule has 0 aliphatic carbocycles. The lowest BCUT2D eigenvalue weighted by Gasteiger charge is -2.23. The number of nitrogens with zero attached hydrogens (tertiary/aromatic N) is 2. The number of aliphatic hydroxyl groups excluding tert-OH is 1. The minimum atomic E-state index is -0.871. The van der Waals surface area contributed by atoms with Crippen molar-refractivity contribution in [2.24, 2.45) is 0 Å². The Morgan fingerprint density at radius 3 is 2.59 bits per heavy atom. The van der Waals surface area contributed by atoms with Crippen LogP contribution >= 0.6 is 0 Å². The van der Waals surface area contributed by atoms with Crippen LogP contribution in [-0.4, -0.2) is 33.3 Å². The first-order valence-corrected chi connectivity index (χ1v) is 11.3. The van der Waals surface area contributed by atoms with Crippen LogP contribution in [-0.2, 0) is 16.1 Å². The fourth-order valence-corrected chi connectivity index (χ4v) is 4.19.